The molecule has 0 amide bonds. The first-order valence-corrected chi connectivity index (χ1v) is 14.5. The number of allylic oxidation sites excluding steroid dienone is 4. The summed E-state index contributed by atoms with van der Waals surface area (Å²) in [5.41, 5.74) is 1.90. The molecule has 0 aromatic heterocycles. The van der Waals surface area contributed by atoms with Crippen LogP contribution < -0.4 is 0 Å². The van der Waals surface area contributed by atoms with E-state index in [2.05, 4.69) is 60.6 Å². The van der Waals surface area contributed by atoms with Gasteiger partial charge in [0.25, 0.3) is 0 Å². The predicted octanol–water partition coefficient (Wildman–Crippen LogP) is 7.57. The summed E-state index contributed by atoms with van der Waals surface area (Å²) in [5.74, 6) is 1.25. The van der Waals surface area contributed by atoms with Crippen molar-refractivity contribution in [2.45, 2.75) is 125 Å². The lowest BCUT2D eigenvalue weighted by atomic mass is 9.44. The van der Waals surface area contributed by atoms with Gasteiger partial charge in [-0.2, -0.15) is 0 Å². The minimum absolute atomic E-state index is 0.0377. The number of ether oxygens (including phenoxy) is 2. The molecule has 1 spiro atoms. The molecule has 4 aliphatic carbocycles. The van der Waals surface area contributed by atoms with Gasteiger partial charge in [-0.25, -0.2) is 0 Å². The van der Waals surface area contributed by atoms with Crippen LogP contribution in [0.4, 0.5) is 0 Å². The van der Waals surface area contributed by atoms with E-state index >= 15 is 0 Å². The SMILES string of the molecule is CC(=O)OC1CCC2(C)C3=CCC45C(=O)OC(C)(CCCC(C)C)C4CCC5(C)C3=CCC2C1(C)C. The molecule has 0 N–H and O–H groups in total. The molecule has 5 aliphatic rings. The topological polar surface area (TPSA) is 52.6 Å². The Hall–Kier alpha value is -1.58. The van der Waals surface area contributed by atoms with E-state index in [-0.39, 0.29) is 45.8 Å². The number of rotatable bonds is 5. The van der Waals surface area contributed by atoms with E-state index in [0.717, 1.165) is 51.4 Å². The van der Waals surface area contributed by atoms with Crippen molar-refractivity contribution in [1.29, 1.82) is 0 Å². The Morgan fingerprint density at radius 2 is 1.78 bits per heavy atom. The molecule has 36 heavy (non-hydrogen) atoms. The average Bonchev–Trinajstić information content (AvgIpc) is 3.20. The largest absolute Gasteiger partial charge is 0.462 e. The van der Waals surface area contributed by atoms with E-state index in [1.165, 1.54) is 24.5 Å². The third kappa shape index (κ3) is 3.30. The van der Waals surface area contributed by atoms with Crippen molar-refractivity contribution in [3.63, 3.8) is 0 Å². The molecule has 0 bridgehead atoms. The number of cyclic esters (lactones) is 1. The highest BCUT2D eigenvalue weighted by molar-refractivity contribution is 5.84. The summed E-state index contributed by atoms with van der Waals surface area (Å²) in [6, 6.07) is 0. The van der Waals surface area contributed by atoms with Crippen molar-refractivity contribution < 1.29 is 19.1 Å². The van der Waals surface area contributed by atoms with E-state index < -0.39 is 5.41 Å². The fourth-order valence-corrected chi connectivity index (χ4v) is 9.87. The Morgan fingerprint density at radius 1 is 1.06 bits per heavy atom. The standard InChI is InChI=1S/C32H48O4/c1-20(2)10-9-16-31(8)25-14-18-30(7)23-11-12-24-28(4,5)26(35-21(3)33)15-17-29(24,6)22(23)13-19-32(25,30)27(34)36-31/h11,13,20,24-26H,9-10,12,14-19H2,1-8H3. The van der Waals surface area contributed by atoms with E-state index in [1.807, 2.05) is 0 Å². The third-order valence-corrected chi connectivity index (χ3v) is 11.8. The molecule has 200 valence electrons. The molecule has 0 aromatic rings. The third-order valence-electron chi connectivity index (χ3n) is 11.8. The van der Waals surface area contributed by atoms with Gasteiger partial charge < -0.3 is 9.47 Å². The molecular weight excluding hydrogens is 448 g/mol. The molecule has 3 fully saturated rings. The number of carbonyl (C=O) groups excluding carboxylic acids is 2. The maximum Gasteiger partial charge on any atom is 0.314 e. The zero-order valence-electron chi connectivity index (χ0n) is 24.0. The van der Waals surface area contributed by atoms with Gasteiger partial charge in [-0.3, -0.25) is 9.59 Å². The van der Waals surface area contributed by atoms with Crippen LogP contribution in [0.25, 0.3) is 0 Å². The van der Waals surface area contributed by atoms with Crippen LogP contribution in [-0.2, 0) is 19.1 Å². The minimum atomic E-state index is -0.428. The van der Waals surface area contributed by atoms with Crippen LogP contribution in [0.1, 0.15) is 113 Å². The summed E-state index contributed by atoms with van der Waals surface area (Å²) in [6.45, 7) is 17.7. The monoisotopic (exact) mass is 496 g/mol. The maximum atomic E-state index is 13.9. The molecule has 4 nitrogen and oxygen atoms in total. The molecule has 4 heteroatoms. The van der Waals surface area contributed by atoms with Gasteiger partial charge in [0.2, 0.25) is 0 Å². The summed E-state index contributed by atoms with van der Waals surface area (Å²) in [4.78, 5) is 25.7. The summed E-state index contributed by atoms with van der Waals surface area (Å²) >= 11 is 0. The Morgan fingerprint density at radius 3 is 2.44 bits per heavy atom. The molecule has 0 radical (unpaired) electrons. The summed E-state index contributed by atoms with van der Waals surface area (Å²) in [5, 5.41) is 0. The lowest BCUT2D eigenvalue weighted by Crippen LogP contribution is -2.56. The fraction of sp³-hybridized carbons (Fsp3) is 0.812. The summed E-state index contributed by atoms with van der Waals surface area (Å²) in [6.07, 6.45) is 14.0. The Labute approximate surface area is 218 Å². The smallest absolute Gasteiger partial charge is 0.314 e. The quantitative estimate of drug-likeness (QED) is 0.368. The van der Waals surface area contributed by atoms with Crippen molar-refractivity contribution in [2.24, 2.45) is 39.4 Å². The number of esters is 2. The molecule has 1 heterocycles. The molecule has 7 unspecified atom stereocenters. The number of hydrogen-bond donors (Lipinski definition) is 0. The van der Waals surface area contributed by atoms with Crippen LogP contribution in [0.15, 0.2) is 23.3 Å². The van der Waals surface area contributed by atoms with Gasteiger partial charge in [-0.15, -0.1) is 0 Å². The van der Waals surface area contributed by atoms with Gasteiger partial charge in [0.05, 0.1) is 5.41 Å². The highest BCUT2D eigenvalue weighted by Gasteiger charge is 2.74. The average molecular weight is 497 g/mol. The molecule has 7 atom stereocenters. The Bertz CT molecular complexity index is 1020. The molecule has 5 rings (SSSR count). The number of fused-ring (bicyclic) bond motifs is 4. The molecule has 2 saturated carbocycles. The summed E-state index contributed by atoms with van der Waals surface area (Å²) < 4.78 is 12.2. The Balaban J connectivity index is 1.50. The molecular formula is C32H48O4. The van der Waals surface area contributed by atoms with Gasteiger partial charge in [0.15, 0.2) is 0 Å². The van der Waals surface area contributed by atoms with Crippen LogP contribution in [0.2, 0.25) is 0 Å². The number of carbonyl (C=O) groups is 2. The lowest BCUT2D eigenvalue weighted by Gasteiger charge is -2.60. The number of hydrogen-bond acceptors (Lipinski definition) is 4. The van der Waals surface area contributed by atoms with Gasteiger partial charge in [-0.1, -0.05) is 60.1 Å². The van der Waals surface area contributed by atoms with Gasteiger partial charge >= 0.3 is 11.9 Å². The fourth-order valence-electron chi connectivity index (χ4n) is 9.87. The second-order valence-electron chi connectivity index (χ2n) is 14.5. The van der Waals surface area contributed by atoms with Gasteiger partial charge in [-0.05, 0) is 86.7 Å². The Kier molecular flexibility index (Phi) is 5.94. The van der Waals surface area contributed by atoms with Crippen LogP contribution >= 0.6 is 0 Å². The van der Waals surface area contributed by atoms with E-state index in [0.29, 0.717) is 11.8 Å². The first-order valence-electron chi connectivity index (χ1n) is 14.5. The van der Waals surface area contributed by atoms with Gasteiger partial charge in [0, 0.05) is 23.7 Å². The first kappa shape index (κ1) is 26.0. The van der Waals surface area contributed by atoms with E-state index in [9.17, 15) is 9.59 Å². The highest BCUT2D eigenvalue weighted by atomic mass is 16.6. The van der Waals surface area contributed by atoms with Gasteiger partial charge in [0.1, 0.15) is 11.7 Å². The van der Waals surface area contributed by atoms with Crippen LogP contribution in [-0.4, -0.2) is 23.6 Å². The zero-order chi connectivity index (χ0) is 26.3. The van der Waals surface area contributed by atoms with E-state index in [1.54, 1.807) is 0 Å². The second kappa shape index (κ2) is 8.21. The van der Waals surface area contributed by atoms with Crippen molar-refractivity contribution >= 4 is 11.9 Å². The lowest BCUT2D eigenvalue weighted by molar-refractivity contribution is -0.165. The normalized spacial score (nSPS) is 44.6. The van der Waals surface area contributed by atoms with Crippen molar-refractivity contribution in [3.8, 4) is 0 Å². The highest BCUT2D eigenvalue weighted by Crippen LogP contribution is 2.75. The van der Waals surface area contributed by atoms with Crippen molar-refractivity contribution in [1.82, 2.24) is 0 Å². The second-order valence-corrected chi connectivity index (χ2v) is 14.5. The molecule has 0 aromatic carbocycles. The van der Waals surface area contributed by atoms with Crippen molar-refractivity contribution in [2.75, 3.05) is 0 Å². The minimum Gasteiger partial charge on any atom is -0.462 e. The van der Waals surface area contributed by atoms with E-state index in [4.69, 9.17) is 9.47 Å². The summed E-state index contributed by atoms with van der Waals surface area (Å²) in [7, 11) is 0. The first-order chi connectivity index (χ1) is 16.7. The van der Waals surface area contributed by atoms with Crippen LogP contribution in [0.3, 0.4) is 0 Å². The predicted molar refractivity (Wildman–Crippen MR) is 142 cm³/mol. The molecule has 1 saturated heterocycles. The van der Waals surface area contributed by atoms with Crippen LogP contribution in [0.5, 0.6) is 0 Å². The zero-order valence-corrected chi connectivity index (χ0v) is 24.0. The molecule has 1 aliphatic heterocycles. The van der Waals surface area contributed by atoms with Crippen molar-refractivity contribution in [3.05, 3.63) is 23.3 Å². The van der Waals surface area contributed by atoms with Crippen LogP contribution in [0, 0.1) is 39.4 Å². The maximum absolute atomic E-state index is 13.9.